The molecule has 0 atom stereocenters. The van der Waals surface area contributed by atoms with Gasteiger partial charge in [-0.05, 0) is 69.9 Å². The maximum Gasteiger partial charge on any atom is 0.229 e. The van der Waals surface area contributed by atoms with E-state index in [2.05, 4.69) is 4.90 Å². The minimum absolute atomic E-state index is 0. The van der Waals surface area contributed by atoms with Gasteiger partial charge in [0.25, 0.3) is 0 Å². The van der Waals surface area contributed by atoms with Crippen LogP contribution in [0.3, 0.4) is 0 Å². The Kier molecular flexibility index (Phi) is 10.2. The van der Waals surface area contributed by atoms with Crippen molar-refractivity contribution in [1.82, 2.24) is 9.88 Å². The number of fused-ring (bicyclic) bond motifs is 1. The van der Waals surface area contributed by atoms with Crippen molar-refractivity contribution in [3.63, 3.8) is 0 Å². The highest BCUT2D eigenvalue weighted by atomic mass is 35.5. The van der Waals surface area contributed by atoms with E-state index in [1.54, 1.807) is 35.9 Å². The molecule has 9 heteroatoms. The third-order valence-corrected chi connectivity index (χ3v) is 7.06. The van der Waals surface area contributed by atoms with Crippen LogP contribution < -0.4 is 9.64 Å². The van der Waals surface area contributed by atoms with Gasteiger partial charge in [-0.3, -0.25) is 9.69 Å². The average Bonchev–Trinajstić information content (AvgIpc) is 3.18. The number of nitrogens with zero attached hydrogens (tertiary/aromatic N) is 3. The van der Waals surface area contributed by atoms with Gasteiger partial charge in [0.2, 0.25) is 5.91 Å². The Morgan fingerprint density at radius 1 is 1.16 bits per heavy atom. The van der Waals surface area contributed by atoms with Crippen LogP contribution in [0.2, 0.25) is 0 Å². The molecule has 0 radical (unpaired) electrons. The summed E-state index contributed by atoms with van der Waals surface area (Å²) in [5.41, 5.74) is 1.92. The van der Waals surface area contributed by atoms with E-state index in [0.29, 0.717) is 23.8 Å². The first kappa shape index (κ1) is 26.4. The monoisotopic (exact) mass is 497 g/mol. The largest absolute Gasteiger partial charge is 0.494 e. The lowest BCUT2D eigenvalue weighted by Crippen LogP contribution is -2.33. The van der Waals surface area contributed by atoms with Crippen LogP contribution in [0.5, 0.6) is 5.75 Å². The summed E-state index contributed by atoms with van der Waals surface area (Å²) in [4.78, 5) is 22.8. The molecule has 0 aliphatic heterocycles. The van der Waals surface area contributed by atoms with Crippen LogP contribution in [-0.2, 0) is 4.79 Å². The van der Waals surface area contributed by atoms with E-state index in [4.69, 9.17) is 9.72 Å². The van der Waals surface area contributed by atoms with E-state index in [1.165, 1.54) is 23.5 Å². The maximum absolute atomic E-state index is 13.2. The first-order valence-corrected chi connectivity index (χ1v) is 12.0. The number of thiazole rings is 1. The standard InChI is InChI=1S/C23H28FN3O2S2.ClH/c1-16-6-11-19(29-4)21-22(16)31-23(25-21)27(14-5-13-26(2)3)20(28)12-15-30-18-9-7-17(24)8-10-18;/h6-11H,5,12-15H2,1-4H3;1H. The van der Waals surface area contributed by atoms with Crippen LogP contribution in [0.25, 0.3) is 10.2 Å². The van der Waals surface area contributed by atoms with Gasteiger partial charge in [-0.2, -0.15) is 0 Å². The molecule has 32 heavy (non-hydrogen) atoms. The average molecular weight is 498 g/mol. The van der Waals surface area contributed by atoms with Gasteiger partial charge in [-0.1, -0.05) is 17.4 Å². The number of methoxy groups -OCH3 is 1. The summed E-state index contributed by atoms with van der Waals surface area (Å²) in [6, 6.07) is 10.3. The molecular weight excluding hydrogens is 469 g/mol. The van der Waals surface area contributed by atoms with Crippen molar-refractivity contribution in [1.29, 1.82) is 0 Å². The quantitative estimate of drug-likeness (QED) is 0.339. The normalized spacial score (nSPS) is 10.9. The SMILES string of the molecule is COc1ccc(C)c2sc(N(CCCN(C)C)C(=O)CCSc3ccc(F)cc3)nc12.Cl. The summed E-state index contributed by atoms with van der Waals surface area (Å²) >= 11 is 3.08. The van der Waals surface area contributed by atoms with Crippen LogP contribution in [0, 0.1) is 12.7 Å². The van der Waals surface area contributed by atoms with Crippen molar-refractivity contribution in [2.45, 2.75) is 24.7 Å². The van der Waals surface area contributed by atoms with Crippen molar-refractivity contribution in [2.75, 3.05) is 44.9 Å². The second kappa shape index (κ2) is 12.4. The van der Waals surface area contributed by atoms with E-state index >= 15 is 0 Å². The molecule has 0 saturated carbocycles. The predicted octanol–water partition coefficient (Wildman–Crippen LogP) is 5.64. The predicted molar refractivity (Wildman–Crippen MR) is 135 cm³/mol. The fraction of sp³-hybridized carbons (Fsp3) is 0.391. The van der Waals surface area contributed by atoms with Crippen LogP contribution in [0.1, 0.15) is 18.4 Å². The fourth-order valence-corrected chi connectivity index (χ4v) is 5.11. The molecule has 1 amide bonds. The number of aryl methyl sites for hydroxylation is 1. The van der Waals surface area contributed by atoms with Crippen molar-refractivity contribution in [3.05, 3.63) is 47.8 Å². The van der Waals surface area contributed by atoms with E-state index in [1.807, 2.05) is 33.2 Å². The van der Waals surface area contributed by atoms with Crippen molar-refractivity contribution in [2.24, 2.45) is 0 Å². The smallest absolute Gasteiger partial charge is 0.229 e. The first-order valence-electron chi connectivity index (χ1n) is 10.2. The van der Waals surface area contributed by atoms with Gasteiger partial charge in [0.1, 0.15) is 17.1 Å². The van der Waals surface area contributed by atoms with E-state index in [-0.39, 0.29) is 24.1 Å². The molecule has 0 unspecified atom stereocenters. The van der Waals surface area contributed by atoms with Crippen molar-refractivity contribution < 1.29 is 13.9 Å². The van der Waals surface area contributed by atoms with E-state index < -0.39 is 0 Å². The van der Waals surface area contributed by atoms with Crippen LogP contribution in [-0.4, -0.2) is 55.8 Å². The van der Waals surface area contributed by atoms with Crippen molar-refractivity contribution >= 4 is 56.8 Å². The number of thioether (sulfide) groups is 1. The molecule has 0 fully saturated rings. The molecule has 3 rings (SSSR count). The number of anilines is 1. The molecule has 0 aliphatic carbocycles. The van der Waals surface area contributed by atoms with Crippen molar-refractivity contribution in [3.8, 4) is 5.75 Å². The minimum Gasteiger partial charge on any atom is -0.494 e. The summed E-state index contributed by atoms with van der Waals surface area (Å²) in [7, 11) is 5.69. The highest BCUT2D eigenvalue weighted by molar-refractivity contribution is 7.99. The van der Waals surface area contributed by atoms with Gasteiger partial charge < -0.3 is 9.64 Å². The lowest BCUT2D eigenvalue weighted by atomic mass is 10.2. The molecule has 1 aromatic heterocycles. The highest BCUT2D eigenvalue weighted by Crippen LogP contribution is 2.36. The second-order valence-electron chi connectivity index (χ2n) is 7.51. The zero-order valence-electron chi connectivity index (χ0n) is 18.8. The van der Waals surface area contributed by atoms with Crippen LogP contribution in [0.15, 0.2) is 41.3 Å². The third kappa shape index (κ3) is 6.81. The molecule has 0 N–H and O–H groups in total. The number of amides is 1. The lowest BCUT2D eigenvalue weighted by molar-refractivity contribution is -0.118. The van der Waals surface area contributed by atoms with E-state index in [0.717, 1.165) is 39.4 Å². The minimum atomic E-state index is -0.256. The van der Waals surface area contributed by atoms with Crippen LogP contribution in [0.4, 0.5) is 9.52 Å². The Morgan fingerprint density at radius 3 is 2.53 bits per heavy atom. The highest BCUT2D eigenvalue weighted by Gasteiger charge is 2.21. The molecule has 0 bridgehead atoms. The molecule has 0 aliphatic rings. The number of halogens is 2. The van der Waals surface area contributed by atoms with Gasteiger partial charge in [0.05, 0.1) is 11.8 Å². The fourth-order valence-electron chi connectivity index (χ4n) is 3.17. The number of benzene rings is 2. The van der Waals surface area contributed by atoms with Gasteiger partial charge in [0, 0.05) is 23.6 Å². The molecule has 3 aromatic rings. The second-order valence-corrected chi connectivity index (χ2v) is 9.66. The lowest BCUT2D eigenvalue weighted by Gasteiger charge is -2.21. The van der Waals surface area contributed by atoms with Gasteiger partial charge in [-0.25, -0.2) is 9.37 Å². The van der Waals surface area contributed by atoms with Gasteiger partial charge >= 0.3 is 0 Å². The Labute approximate surface area is 203 Å². The Bertz CT molecular complexity index is 1030. The molecule has 2 aromatic carbocycles. The summed E-state index contributed by atoms with van der Waals surface area (Å²) in [6.45, 7) is 3.54. The number of carbonyl (C=O) groups excluding carboxylic acids is 1. The zero-order chi connectivity index (χ0) is 22.4. The number of aromatic nitrogens is 1. The topological polar surface area (TPSA) is 45.7 Å². The molecule has 5 nitrogen and oxygen atoms in total. The Balaban J connectivity index is 0.00000363. The number of ether oxygens (including phenoxy) is 1. The summed E-state index contributed by atoms with van der Waals surface area (Å²) in [5, 5.41) is 0.707. The van der Waals surface area contributed by atoms with Gasteiger partial charge in [0.15, 0.2) is 5.13 Å². The number of rotatable bonds is 10. The zero-order valence-corrected chi connectivity index (χ0v) is 21.2. The summed E-state index contributed by atoms with van der Waals surface area (Å²) < 4.78 is 19.6. The molecule has 0 saturated heterocycles. The van der Waals surface area contributed by atoms with Crippen LogP contribution >= 0.6 is 35.5 Å². The summed E-state index contributed by atoms with van der Waals surface area (Å²) in [6.07, 6.45) is 1.24. The Hall–Kier alpha value is -1.87. The Morgan fingerprint density at radius 2 is 1.88 bits per heavy atom. The maximum atomic E-state index is 13.2. The van der Waals surface area contributed by atoms with E-state index in [9.17, 15) is 9.18 Å². The number of carbonyl (C=O) groups is 1. The summed E-state index contributed by atoms with van der Waals surface area (Å²) in [5.74, 6) is 1.13. The number of hydrogen-bond donors (Lipinski definition) is 0. The van der Waals surface area contributed by atoms with Gasteiger partial charge in [-0.15, -0.1) is 24.2 Å². The molecular formula is C23H29ClFN3O2S2. The number of hydrogen-bond acceptors (Lipinski definition) is 6. The molecule has 0 spiro atoms. The third-order valence-electron chi connectivity index (χ3n) is 4.83. The molecule has 174 valence electrons. The molecule has 1 heterocycles. The first-order chi connectivity index (χ1) is 14.9.